The van der Waals surface area contributed by atoms with Gasteiger partial charge in [0.05, 0.1) is 5.56 Å². The second-order valence-electron chi connectivity index (χ2n) is 8.18. The topological polar surface area (TPSA) is 41.1 Å². The average molecular weight is 423 g/mol. The first-order valence-electron chi connectivity index (χ1n) is 9.47. The summed E-state index contributed by atoms with van der Waals surface area (Å²) in [6.07, 6.45) is 3.94. The van der Waals surface area contributed by atoms with E-state index in [2.05, 4.69) is 31.4 Å². The molecule has 2 atom stereocenters. The number of hydrogen-bond donors (Lipinski definition) is 2. The van der Waals surface area contributed by atoms with Crippen LogP contribution in [-0.4, -0.2) is 5.91 Å². The number of carbonyl (C=O) groups is 1. The summed E-state index contributed by atoms with van der Waals surface area (Å²) in [6.45, 7) is 6.98. The van der Waals surface area contributed by atoms with Crippen molar-refractivity contribution in [2.75, 3.05) is 5.32 Å². The number of amides is 1. The van der Waals surface area contributed by atoms with E-state index in [4.69, 9.17) is 23.2 Å². The predicted octanol–water partition coefficient (Wildman–Crippen LogP) is 6.45. The third-order valence-corrected chi connectivity index (χ3v) is 8.19. The predicted molar refractivity (Wildman–Crippen MR) is 114 cm³/mol. The van der Waals surface area contributed by atoms with Crippen molar-refractivity contribution in [2.45, 2.75) is 52.6 Å². The van der Waals surface area contributed by atoms with E-state index in [0.29, 0.717) is 21.4 Å². The van der Waals surface area contributed by atoms with E-state index in [0.717, 1.165) is 35.4 Å². The van der Waals surface area contributed by atoms with Crippen LogP contribution in [-0.2, 0) is 12.8 Å². The van der Waals surface area contributed by atoms with Crippen molar-refractivity contribution in [1.82, 2.24) is 5.32 Å². The van der Waals surface area contributed by atoms with Gasteiger partial charge in [-0.1, -0.05) is 56.5 Å². The third kappa shape index (κ3) is 3.26. The Morgan fingerprint density at radius 3 is 2.59 bits per heavy atom. The normalized spacial score (nSPS) is 21.9. The smallest absolute Gasteiger partial charge is 0.256 e. The van der Waals surface area contributed by atoms with Gasteiger partial charge in [-0.3, -0.25) is 4.79 Å². The van der Waals surface area contributed by atoms with Gasteiger partial charge < -0.3 is 10.6 Å². The first-order valence-corrected chi connectivity index (χ1v) is 11.0. The minimum atomic E-state index is -0.408. The minimum absolute atomic E-state index is 0.0320. The number of carbonyl (C=O) groups excluding carboxylic acids is 1. The van der Waals surface area contributed by atoms with Gasteiger partial charge in [-0.05, 0) is 48.3 Å². The zero-order chi connectivity index (χ0) is 19.3. The summed E-state index contributed by atoms with van der Waals surface area (Å²) in [4.78, 5) is 14.3. The number of anilines is 1. The molecular weight excluding hydrogens is 399 g/mol. The quantitative estimate of drug-likeness (QED) is 0.596. The molecule has 2 N–H and O–H groups in total. The zero-order valence-corrected chi connectivity index (χ0v) is 18.1. The highest BCUT2D eigenvalue weighted by molar-refractivity contribution is 7.16. The van der Waals surface area contributed by atoms with Gasteiger partial charge in [-0.2, -0.15) is 0 Å². The molecule has 0 unspecified atom stereocenters. The summed E-state index contributed by atoms with van der Waals surface area (Å²) in [5.41, 5.74) is 3.09. The first kappa shape index (κ1) is 19.1. The van der Waals surface area contributed by atoms with Gasteiger partial charge in [0.1, 0.15) is 11.2 Å². The second kappa shape index (κ2) is 6.98. The standard InChI is InChI=1S/C21H24Cl2N2OS/c1-4-21(2,3)11-8-9-12-15(10-11)27-20-16(12)19(26)24-18(25-20)17-13(22)6-5-7-14(17)23/h5-7,11,18,25H,4,8-10H2,1-3H3,(H,24,26)/t11-,18+/m0/s1. The van der Waals surface area contributed by atoms with Gasteiger partial charge >= 0.3 is 0 Å². The number of thiophene rings is 1. The molecule has 27 heavy (non-hydrogen) atoms. The van der Waals surface area contributed by atoms with E-state index in [1.807, 2.05) is 6.07 Å². The molecule has 2 aliphatic rings. The highest BCUT2D eigenvalue weighted by atomic mass is 35.5. The molecule has 0 saturated carbocycles. The molecular formula is C21H24Cl2N2OS. The number of halogens is 2. The lowest BCUT2D eigenvalue weighted by Crippen LogP contribution is -2.38. The molecule has 6 heteroatoms. The Morgan fingerprint density at radius 1 is 1.22 bits per heavy atom. The van der Waals surface area contributed by atoms with Crippen LogP contribution in [0, 0.1) is 11.3 Å². The molecule has 1 aromatic carbocycles. The van der Waals surface area contributed by atoms with Crippen LogP contribution in [0.15, 0.2) is 18.2 Å². The van der Waals surface area contributed by atoms with Crippen molar-refractivity contribution >= 4 is 45.4 Å². The van der Waals surface area contributed by atoms with Crippen molar-refractivity contribution in [2.24, 2.45) is 11.3 Å². The molecule has 1 aromatic heterocycles. The summed E-state index contributed by atoms with van der Waals surface area (Å²) in [6, 6.07) is 5.40. The van der Waals surface area contributed by atoms with Crippen molar-refractivity contribution in [3.05, 3.63) is 49.8 Å². The summed E-state index contributed by atoms with van der Waals surface area (Å²) in [5.74, 6) is 0.627. The Labute approximate surface area is 174 Å². The molecule has 1 aliphatic carbocycles. The fourth-order valence-corrected chi connectivity index (χ4v) is 6.15. The van der Waals surface area contributed by atoms with Gasteiger partial charge in [0, 0.05) is 20.5 Å². The van der Waals surface area contributed by atoms with Crippen molar-refractivity contribution < 1.29 is 4.79 Å². The van der Waals surface area contributed by atoms with Crippen LogP contribution in [0.2, 0.25) is 10.0 Å². The van der Waals surface area contributed by atoms with Crippen LogP contribution in [0.3, 0.4) is 0 Å². The van der Waals surface area contributed by atoms with Crippen LogP contribution in [0.5, 0.6) is 0 Å². The number of rotatable bonds is 3. The molecule has 0 spiro atoms. The van der Waals surface area contributed by atoms with E-state index in [9.17, 15) is 4.79 Å². The highest BCUT2D eigenvalue weighted by Crippen LogP contribution is 2.47. The SMILES string of the molecule is CCC(C)(C)[C@H]1CCc2c(sc3c2C(=O)N[C@@H](c2c(Cl)cccc2Cl)N3)C1. The van der Waals surface area contributed by atoms with Gasteiger partial charge in [-0.15, -0.1) is 11.3 Å². The number of nitrogens with one attached hydrogen (secondary N) is 2. The number of fused-ring (bicyclic) bond motifs is 3. The van der Waals surface area contributed by atoms with E-state index in [1.54, 1.807) is 23.5 Å². The number of hydrogen-bond acceptors (Lipinski definition) is 3. The molecule has 4 rings (SSSR count). The molecule has 3 nitrogen and oxygen atoms in total. The lowest BCUT2D eigenvalue weighted by atomic mass is 9.69. The molecule has 0 saturated heterocycles. The van der Waals surface area contributed by atoms with E-state index < -0.39 is 6.17 Å². The Kier molecular flexibility index (Phi) is 4.94. The lowest BCUT2D eigenvalue weighted by molar-refractivity contribution is 0.0934. The first-order chi connectivity index (χ1) is 12.8. The average Bonchev–Trinajstić information content (AvgIpc) is 2.99. The Balaban J connectivity index is 1.67. The Bertz CT molecular complexity index is 886. The monoisotopic (exact) mass is 422 g/mol. The van der Waals surface area contributed by atoms with Crippen LogP contribution >= 0.6 is 34.5 Å². The van der Waals surface area contributed by atoms with Crippen LogP contribution in [0.4, 0.5) is 5.00 Å². The second-order valence-corrected chi connectivity index (χ2v) is 10.1. The van der Waals surface area contributed by atoms with Gasteiger partial charge in [0.2, 0.25) is 0 Å². The minimum Gasteiger partial charge on any atom is -0.353 e. The van der Waals surface area contributed by atoms with Crippen molar-refractivity contribution in [3.63, 3.8) is 0 Å². The summed E-state index contributed by atoms with van der Waals surface area (Å²) >= 11 is 14.4. The van der Waals surface area contributed by atoms with Crippen LogP contribution in [0.1, 0.15) is 66.1 Å². The zero-order valence-electron chi connectivity index (χ0n) is 15.8. The summed E-state index contributed by atoms with van der Waals surface area (Å²) < 4.78 is 0. The summed E-state index contributed by atoms with van der Waals surface area (Å²) in [7, 11) is 0. The maximum Gasteiger partial charge on any atom is 0.256 e. The molecule has 0 bridgehead atoms. The fourth-order valence-electron chi connectivity index (χ4n) is 4.18. The molecule has 1 aliphatic heterocycles. The van der Waals surface area contributed by atoms with Crippen molar-refractivity contribution in [3.8, 4) is 0 Å². The molecule has 0 radical (unpaired) electrons. The molecule has 2 aromatic rings. The molecule has 0 fully saturated rings. The Hall–Kier alpha value is -1.23. The fraction of sp³-hybridized carbons (Fsp3) is 0.476. The van der Waals surface area contributed by atoms with E-state index in [-0.39, 0.29) is 5.91 Å². The van der Waals surface area contributed by atoms with Gasteiger partial charge in [0.15, 0.2) is 0 Å². The van der Waals surface area contributed by atoms with E-state index >= 15 is 0 Å². The van der Waals surface area contributed by atoms with Gasteiger partial charge in [-0.25, -0.2) is 0 Å². The molecule has 1 amide bonds. The largest absolute Gasteiger partial charge is 0.353 e. The number of benzene rings is 1. The maximum absolute atomic E-state index is 12.9. The molecule has 2 heterocycles. The highest BCUT2D eigenvalue weighted by Gasteiger charge is 2.37. The lowest BCUT2D eigenvalue weighted by Gasteiger charge is -2.36. The van der Waals surface area contributed by atoms with Crippen molar-refractivity contribution in [1.29, 1.82) is 0 Å². The van der Waals surface area contributed by atoms with Crippen LogP contribution in [0.25, 0.3) is 0 Å². The maximum atomic E-state index is 12.9. The Morgan fingerprint density at radius 2 is 1.93 bits per heavy atom. The van der Waals surface area contributed by atoms with E-state index in [1.165, 1.54) is 16.9 Å². The van der Waals surface area contributed by atoms with Crippen LogP contribution < -0.4 is 10.6 Å². The third-order valence-electron chi connectivity index (χ3n) is 6.35. The van der Waals surface area contributed by atoms with Gasteiger partial charge in [0.25, 0.3) is 5.91 Å². The molecule has 144 valence electrons. The summed E-state index contributed by atoms with van der Waals surface area (Å²) in [5, 5.41) is 8.56.